The van der Waals surface area contributed by atoms with E-state index in [-0.39, 0.29) is 5.91 Å². The maximum Gasteiger partial charge on any atom is 0.243 e. The minimum atomic E-state index is -3.46. The Morgan fingerprint density at radius 1 is 1.09 bits per heavy atom. The summed E-state index contributed by atoms with van der Waals surface area (Å²) in [5.41, 5.74) is 0.946. The number of amides is 1. The van der Waals surface area contributed by atoms with Crippen molar-refractivity contribution in [3.05, 3.63) is 30.5 Å². The zero-order chi connectivity index (χ0) is 23.3. The third-order valence-corrected chi connectivity index (χ3v) is 8.67. The van der Waals surface area contributed by atoms with Gasteiger partial charge in [0.15, 0.2) is 0 Å². The quantitative estimate of drug-likeness (QED) is 0.562. The Balaban J connectivity index is 1.28. The topological polar surface area (TPSA) is 83.9 Å². The Morgan fingerprint density at radius 2 is 1.85 bits per heavy atom. The number of sulfonamides is 1. The summed E-state index contributed by atoms with van der Waals surface area (Å²) in [7, 11) is -3.46. The van der Waals surface area contributed by atoms with Gasteiger partial charge in [-0.15, -0.1) is 0 Å². The molecule has 1 aromatic heterocycles. The molecule has 182 valence electrons. The van der Waals surface area contributed by atoms with Crippen molar-refractivity contribution in [3.8, 4) is 0 Å². The van der Waals surface area contributed by atoms with Crippen LogP contribution >= 0.6 is 0 Å². The molecule has 8 nitrogen and oxygen atoms in total. The third-order valence-electron chi connectivity index (χ3n) is 6.78. The first-order chi connectivity index (χ1) is 15.9. The first-order valence-electron chi connectivity index (χ1n) is 12.1. The molecule has 0 bridgehead atoms. The van der Waals surface area contributed by atoms with Crippen molar-refractivity contribution < 1.29 is 17.9 Å². The Labute approximate surface area is 196 Å². The number of piperidine rings is 1. The van der Waals surface area contributed by atoms with Crippen LogP contribution in [-0.4, -0.2) is 80.6 Å². The normalized spacial score (nSPS) is 19.2. The van der Waals surface area contributed by atoms with Gasteiger partial charge < -0.3 is 14.6 Å². The Morgan fingerprint density at radius 3 is 2.61 bits per heavy atom. The van der Waals surface area contributed by atoms with E-state index in [1.54, 1.807) is 16.4 Å². The molecule has 1 amide bonds. The zero-order valence-electron chi connectivity index (χ0n) is 19.5. The number of hydrogen-bond acceptors (Lipinski definition) is 5. The van der Waals surface area contributed by atoms with Crippen molar-refractivity contribution in [1.29, 1.82) is 0 Å². The molecule has 1 N–H and O–H groups in total. The summed E-state index contributed by atoms with van der Waals surface area (Å²) in [5, 5.41) is 3.89. The monoisotopic (exact) mass is 476 g/mol. The average molecular weight is 477 g/mol. The van der Waals surface area contributed by atoms with Gasteiger partial charge in [-0.3, -0.25) is 9.69 Å². The minimum absolute atomic E-state index is 0.0392. The van der Waals surface area contributed by atoms with Crippen molar-refractivity contribution in [2.75, 3.05) is 52.5 Å². The van der Waals surface area contributed by atoms with E-state index < -0.39 is 10.0 Å². The number of nitrogens with one attached hydrogen (secondary N) is 1. The predicted molar refractivity (Wildman–Crippen MR) is 129 cm³/mol. The van der Waals surface area contributed by atoms with E-state index in [1.807, 2.05) is 22.9 Å². The van der Waals surface area contributed by atoms with E-state index in [1.165, 1.54) is 0 Å². The van der Waals surface area contributed by atoms with Crippen molar-refractivity contribution in [3.63, 3.8) is 0 Å². The second-order valence-corrected chi connectivity index (χ2v) is 11.2. The molecule has 9 heteroatoms. The molecular weight excluding hydrogens is 440 g/mol. The number of benzene rings is 1. The van der Waals surface area contributed by atoms with Crippen LogP contribution in [0.4, 0.5) is 0 Å². The van der Waals surface area contributed by atoms with Gasteiger partial charge in [0, 0.05) is 62.8 Å². The first kappa shape index (κ1) is 24.2. The molecule has 0 aliphatic carbocycles. The lowest BCUT2D eigenvalue weighted by Gasteiger charge is -2.29. The van der Waals surface area contributed by atoms with Gasteiger partial charge in [-0.05, 0) is 56.0 Å². The molecule has 2 aromatic rings. The van der Waals surface area contributed by atoms with Crippen LogP contribution in [0.5, 0.6) is 0 Å². The highest BCUT2D eigenvalue weighted by Gasteiger charge is 2.28. The average Bonchev–Trinajstić information content (AvgIpc) is 3.24. The van der Waals surface area contributed by atoms with Gasteiger partial charge in [0.1, 0.15) is 0 Å². The summed E-state index contributed by atoms with van der Waals surface area (Å²) >= 11 is 0. The van der Waals surface area contributed by atoms with Gasteiger partial charge in [-0.25, -0.2) is 8.42 Å². The van der Waals surface area contributed by atoms with Crippen molar-refractivity contribution in [2.24, 2.45) is 5.92 Å². The van der Waals surface area contributed by atoms with E-state index in [9.17, 15) is 13.2 Å². The number of aromatic nitrogens is 1. The highest BCUT2D eigenvalue weighted by molar-refractivity contribution is 7.89. The fraction of sp³-hybridized carbons (Fsp3) is 0.625. The molecule has 2 fully saturated rings. The number of aryl methyl sites for hydroxylation is 1. The fourth-order valence-corrected chi connectivity index (χ4v) is 6.08. The van der Waals surface area contributed by atoms with Crippen molar-refractivity contribution >= 4 is 26.8 Å². The smallest absolute Gasteiger partial charge is 0.243 e. The van der Waals surface area contributed by atoms with Crippen LogP contribution in [0, 0.1) is 5.92 Å². The molecule has 33 heavy (non-hydrogen) atoms. The molecular formula is C24H36N4O4S. The van der Waals surface area contributed by atoms with Gasteiger partial charge >= 0.3 is 0 Å². The lowest BCUT2D eigenvalue weighted by atomic mass is 10.0. The van der Waals surface area contributed by atoms with Crippen LogP contribution in [0.25, 0.3) is 10.9 Å². The highest BCUT2D eigenvalue weighted by atomic mass is 32.2. The fourth-order valence-electron chi connectivity index (χ4n) is 4.57. The van der Waals surface area contributed by atoms with Gasteiger partial charge in [-0.2, -0.15) is 4.31 Å². The number of morpholine rings is 1. The maximum absolute atomic E-state index is 13.0. The lowest BCUT2D eigenvalue weighted by molar-refractivity contribution is -0.121. The van der Waals surface area contributed by atoms with Gasteiger partial charge in [0.05, 0.1) is 18.1 Å². The molecule has 2 aliphatic rings. The number of carbonyl (C=O) groups excluding carboxylic acids is 1. The number of nitrogens with zero attached hydrogens (tertiary/aromatic N) is 3. The summed E-state index contributed by atoms with van der Waals surface area (Å²) in [5.74, 6) is 0.618. The largest absolute Gasteiger partial charge is 0.379 e. The standard InChI is InChI=1S/C24H36N4O4S/c1-20-5-13-28(14-6-20)33(30,31)22-3-4-23-21(19-22)7-11-27(23)12-8-24(29)25-9-2-10-26-15-17-32-18-16-26/h3-4,7,11,19-20H,2,5-6,8-10,12-18H2,1H3,(H,25,29). The van der Waals surface area contributed by atoms with E-state index in [4.69, 9.17) is 4.74 Å². The molecule has 0 radical (unpaired) electrons. The number of ether oxygens (including phenoxy) is 1. The highest BCUT2D eigenvalue weighted by Crippen LogP contribution is 2.26. The molecule has 4 rings (SSSR count). The van der Waals surface area contributed by atoms with Gasteiger partial charge in [-0.1, -0.05) is 6.92 Å². The van der Waals surface area contributed by atoms with Crippen LogP contribution in [0.1, 0.15) is 32.6 Å². The summed E-state index contributed by atoms with van der Waals surface area (Å²) in [6.07, 6.45) is 5.08. The number of hydrogen-bond donors (Lipinski definition) is 1. The molecule has 2 aliphatic heterocycles. The SMILES string of the molecule is CC1CCN(S(=O)(=O)c2ccc3c(ccn3CCC(=O)NCCCN3CCOCC3)c2)CC1. The summed E-state index contributed by atoms with van der Waals surface area (Å²) in [6.45, 7) is 9.09. The summed E-state index contributed by atoms with van der Waals surface area (Å²) in [6, 6.07) is 7.23. The molecule has 0 spiro atoms. The minimum Gasteiger partial charge on any atom is -0.379 e. The zero-order valence-corrected chi connectivity index (χ0v) is 20.4. The molecule has 0 atom stereocenters. The van der Waals surface area contributed by atoms with E-state index in [2.05, 4.69) is 17.1 Å². The Bertz CT molecular complexity index is 1040. The van der Waals surface area contributed by atoms with Crippen LogP contribution in [0.3, 0.4) is 0 Å². The molecule has 2 saturated heterocycles. The Hall–Kier alpha value is -1.94. The summed E-state index contributed by atoms with van der Waals surface area (Å²) < 4.78 is 35.1. The van der Waals surface area contributed by atoms with Crippen LogP contribution in [0.15, 0.2) is 35.4 Å². The molecule has 3 heterocycles. The predicted octanol–water partition coefficient (Wildman–Crippen LogP) is 2.29. The van der Waals surface area contributed by atoms with Gasteiger partial charge in [0.25, 0.3) is 0 Å². The summed E-state index contributed by atoms with van der Waals surface area (Å²) in [4.78, 5) is 15.0. The molecule has 0 unspecified atom stereocenters. The number of fused-ring (bicyclic) bond motifs is 1. The third kappa shape index (κ3) is 6.15. The van der Waals surface area contributed by atoms with E-state index >= 15 is 0 Å². The van der Waals surface area contributed by atoms with Crippen molar-refractivity contribution in [2.45, 2.75) is 44.0 Å². The van der Waals surface area contributed by atoms with Crippen molar-refractivity contribution in [1.82, 2.24) is 19.1 Å². The maximum atomic E-state index is 13.0. The van der Waals surface area contributed by atoms with Crippen LogP contribution in [-0.2, 0) is 26.1 Å². The van der Waals surface area contributed by atoms with Crippen LogP contribution < -0.4 is 5.32 Å². The molecule has 0 saturated carbocycles. The van der Waals surface area contributed by atoms with Gasteiger partial charge in [0.2, 0.25) is 15.9 Å². The number of carbonyl (C=O) groups is 1. The second-order valence-electron chi connectivity index (χ2n) is 9.22. The van der Waals surface area contributed by atoms with E-state index in [0.717, 1.165) is 63.0 Å². The van der Waals surface area contributed by atoms with E-state index in [0.29, 0.717) is 43.4 Å². The Kier molecular flexibility index (Phi) is 8.06. The first-order valence-corrected chi connectivity index (χ1v) is 13.5. The number of rotatable bonds is 9. The second kappa shape index (κ2) is 11.0. The molecule has 1 aromatic carbocycles. The lowest BCUT2D eigenvalue weighted by Crippen LogP contribution is -2.38. The van der Waals surface area contributed by atoms with Crippen LogP contribution in [0.2, 0.25) is 0 Å².